The van der Waals surface area contributed by atoms with Gasteiger partial charge in [0.25, 0.3) is 0 Å². The highest BCUT2D eigenvalue weighted by Crippen LogP contribution is 2.30. The zero-order valence-corrected chi connectivity index (χ0v) is 11.2. The van der Waals surface area contributed by atoms with E-state index in [9.17, 15) is 4.39 Å². The molecule has 0 amide bonds. The molecule has 1 unspecified atom stereocenters. The van der Waals surface area contributed by atoms with E-state index in [-0.39, 0.29) is 17.4 Å². The third-order valence-corrected chi connectivity index (χ3v) is 3.49. The molecule has 17 heavy (non-hydrogen) atoms. The molecular weight excluding hydrogens is 217 g/mol. The second-order valence-electron chi connectivity index (χ2n) is 5.17. The second-order valence-corrected chi connectivity index (χ2v) is 5.17. The Morgan fingerprint density at radius 1 is 1.35 bits per heavy atom. The van der Waals surface area contributed by atoms with Crippen LogP contribution in [0.3, 0.4) is 0 Å². The average Bonchev–Trinajstić information content (AvgIpc) is 2.23. The molecule has 0 aliphatic rings. The normalized spacial score (nSPS) is 14.1. The van der Waals surface area contributed by atoms with Crippen molar-refractivity contribution in [3.63, 3.8) is 0 Å². The highest BCUT2D eigenvalue weighted by Gasteiger charge is 2.33. The standard InChI is InChI=1S/C13H22FN3/c1-9-6-7-11(14)10(8-9)12(16-15)13(2,3)17(4)5/h6-8,12,16H,15H2,1-5H3. The van der Waals surface area contributed by atoms with Crippen molar-refractivity contribution in [3.05, 3.63) is 35.1 Å². The quantitative estimate of drug-likeness (QED) is 0.623. The Morgan fingerprint density at radius 3 is 2.41 bits per heavy atom. The summed E-state index contributed by atoms with van der Waals surface area (Å²) in [5, 5.41) is 0. The zero-order chi connectivity index (χ0) is 13.2. The third-order valence-electron chi connectivity index (χ3n) is 3.49. The minimum atomic E-state index is -0.288. The summed E-state index contributed by atoms with van der Waals surface area (Å²) in [5.41, 5.74) is 4.07. The smallest absolute Gasteiger partial charge is 0.128 e. The maximum atomic E-state index is 13.9. The largest absolute Gasteiger partial charge is 0.302 e. The van der Waals surface area contributed by atoms with Crippen LogP contribution in [0.1, 0.15) is 31.0 Å². The lowest BCUT2D eigenvalue weighted by molar-refractivity contribution is 0.136. The molecule has 4 heteroatoms. The lowest BCUT2D eigenvalue weighted by Crippen LogP contribution is -2.51. The molecule has 0 radical (unpaired) electrons. The van der Waals surface area contributed by atoms with Gasteiger partial charge in [0.2, 0.25) is 0 Å². The summed E-state index contributed by atoms with van der Waals surface area (Å²) in [7, 11) is 3.91. The first-order valence-corrected chi connectivity index (χ1v) is 5.70. The Balaban J connectivity index is 3.22. The fraction of sp³-hybridized carbons (Fsp3) is 0.538. The Kier molecular flexibility index (Phi) is 4.25. The molecule has 0 bridgehead atoms. The summed E-state index contributed by atoms with van der Waals surface area (Å²) >= 11 is 0. The van der Waals surface area contributed by atoms with Crippen LogP contribution in [0, 0.1) is 12.7 Å². The number of likely N-dealkylation sites (N-methyl/N-ethyl adjacent to an activating group) is 1. The van der Waals surface area contributed by atoms with Crippen molar-refractivity contribution in [1.29, 1.82) is 0 Å². The van der Waals surface area contributed by atoms with E-state index in [2.05, 4.69) is 5.43 Å². The van der Waals surface area contributed by atoms with Crippen LogP contribution in [0.5, 0.6) is 0 Å². The van der Waals surface area contributed by atoms with E-state index in [0.29, 0.717) is 5.56 Å². The first-order chi connectivity index (χ1) is 7.80. The van der Waals surface area contributed by atoms with Gasteiger partial charge >= 0.3 is 0 Å². The lowest BCUT2D eigenvalue weighted by atomic mass is 9.87. The van der Waals surface area contributed by atoms with Crippen LogP contribution in [0.4, 0.5) is 4.39 Å². The third kappa shape index (κ3) is 2.83. The van der Waals surface area contributed by atoms with Crippen molar-refractivity contribution in [1.82, 2.24) is 10.3 Å². The molecule has 0 aromatic heterocycles. The van der Waals surface area contributed by atoms with Crippen molar-refractivity contribution in [2.24, 2.45) is 5.84 Å². The van der Waals surface area contributed by atoms with E-state index in [1.165, 1.54) is 6.07 Å². The van der Waals surface area contributed by atoms with Gasteiger partial charge in [-0.25, -0.2) is 4.39 Å². The van der Waals surface area contributed by atoms with Gasteiger partial charge in [-0.05, 0) is 40.9 Å². The minimum Gasteiger partial charge on any atom is -0.302 e. The molecule has 0 spiro atoms. The van der Waals surface area contributed by atoms with Crippen LogP contribution >= 0.6 is 0 Å². The lowest BCUT2D eigenvalue weighted by Gasteiger charge is -2.40. The summed E-state index contributed by atoms with van der Waals surface area (Å²) in [6.45, 7) is 6.00. The highest BCUT2D eigenvalue weighted by molar-refractivity contribution is 5.29. The number of rotatable bonds is 4. The van der Waals surface area contributed by atoms with Crippen LogP contribution < -0.4 is 11.3 Å². The number of hydrogen-bond donors (Lipinski definition) is 2. The summed E-state index contributed by atoms with van der Waals surface area (Å²) in [4.78, 5) is 2.03. The molecule has 1 rings (SSSR count). The Bertz CT molecular complexity index is 388. The monoisotopic (exact) mass is 239 g/mol. The van der Waals surface area contributed by atoms with E-state index < -0.39 is 0 Å². The molecule has 96 valence electrons. The SMILES string of the molecule is Cc1ccc(F)c(C(NN)C(C)(C)N(C)C)c1. The summed E-state index contributed by atoms with van der Waals surface area (Å²) in [6, 6.07) is 4.82. The molecule has 0 fully saturated rings. The van der Waals surface area contributed by atoms with Crippen LogP contribution in [-0.4, -0.2) is 24.5 Å². The molecule has 0 aliphatic heterocycles. The van der Waals surface area contributed by atoms with Crippen LogP contribution in [0.15, 0.2) is 18.2 Å². The fourth-order valence-corrected chi connectivity index (χ4v) is 1.82. The topological polar surface area (TPSA) is 41.3 Å². The van der Waals surface area contributed by atoms with Crippen molar-refractivity contribution >= 4 is 0 Å². The predicted molar refractivity (Wildman–Crippen MR) is 69.0 cm³/mol. The number of hydrogen-bond acceptors (Lipinski definition) is 3. The van der Waals surface area contributed by atoms with Crippen LogP contribution in [0.2, 0.25) is 0 Å². The number of hydrazine groups is 1. The molecule has 0 heterocycles. The molecule has 0 saturated carbocycles. The van der Waals surface area contributed by atoms with E-state index in [1.807, 2.05) is 45.8 Å². The maximum absolute atomic E-state index is 13.9. The van der Waals surface area contributed by atoms with Gasteiger partial charge in [-0.3, -0.25) is 11.3 Å². The average molecular weight is 239 g/mol. The summed E-state index contributed by atoms with van der Waals surface area (Å²) in [5.74, 6) is 5.38. The Hall–Kier alpha value is -0.970. The van der Waals surface area contributed by atoms with E-state index in [4.69, 9.17) is 5.84 Å². The van der Waals surface area contributed by atoms with Gasteiger partial charge in [-0.1, -0.05) is 17.7 Å². The first kappa shape index (κ1) is 14.1. The maximum Gasteiger partial charge on any atom is 0.128 e. The van der Waals surface area contributed by atoms with Gasteiger partial charge in [0, 0.05) is 11.1 Å². The Morgan fingerprint density at radius 2 is 1.94 bits per heavy atom. The summed E-state index contributed by atoms with van der Waals surface area (Å²) in [6.07, 6.45) is 0. The molecule has 0 saturated heterocycles. The zero-order valence-electron chi connectivity index (χ0n) is 11.2. The number of nitrogens with one attached hydrogen (secondary N) is 1. The summed E-state index contributed by atoms with van der Waals surface area (Å²) < 4.78 is 13.9. The number of nitrogens with two attached hydrogens (primary N) is 1. The highest BCUT2D eigenvalue weighted by atomic mass is 19.1. The van der Waals surface area contributed by atoms with Gasteiger partial charge in [0.05, 0.1) is 6.04 Å². The number of benzene rings is 1. The van der Waals surface area contributed by atoms with Gasteiger partial charge in [-0.15, -0.1) is 0 Å². The molecule has 3 nitrogen and oxygen atoms in total. The van der Waals surface area contributed by atoms with Gasteiger partial charge in [-0.2, -0.15) is 0 Å². The second kappa shape index (κ2) is 5.12. The van der Waals surface area contributed by atoms with Crippen molar-refractivity contribution < 1.29 is 4.39 Å². The van der Waals surface area contributed by atoms with Crippen LogP contribution in [-0.2, 0) is 0 Å². The van der Waals surface area contributed by atoms with Crippen molar-refractivity contribution in [2.75, 3.05) is 14.1 Å². The predicted octanol–water partition coefficient (Wildman–Crippen LogP) is 1.98. The molecule has 1 aromatic carbocycles. The first-order valence-electron chi connectivity index (χ1n) is 5.70. The van der Waals surface area contributed by atoms with E-state index in [1.54, 1.807) is 6.07 Å². The van der Waals surface area contributed by atoms with Crippen LogP contribution in [0.25, 0.3) is 0 Å². The van der Waals surface area contributed by atoms with Gasteiger partial charge < -0.3 is 4.90 Å². The molecular formula is C13H22FN3. The molecule has 0 aliphatic carbocycles. The van der Waals surface area contributed by atoms with Gasteiger partial charge in [0.1, 0.15) is 5.82 Å². The van der Waals surface area contributed by atoms with E-state index >= 15 is 0 Å². The number of halogens is 1. The minimum absolute atomic E-state index is 0.228. The molecule has 3 N–H and O–H groups in total. The Labute approximate surface area is 103 Å². The molecule has 1 aromatic rings. The van der Waals surface area contributed by atoms with Gasteiger partial charge in [0.15, 0.2) is 0 Å². The van der Waals surface area contributed by atoms with E-state index in [0.717, 1.165) is 5.56 Å². The number of aryl methyl sites for hydroxylation is 1. The number of nitrogens with zero attached hydrogens (tertiary/aromatic N) is 1. The molecule has 1 atom stereocenters. The fourth-order valence-electron chi connectivity index (χ4n) is 1.82. The van der Waals surface area contributed by atoms with Crippen molar-refractivity contribution in [3.8, 4) is 0 Å². The van der Waals surface area contributed by atoms with Crippen molar-refractivity contribution in [2.45, 2.75) is 32.4 Å².